The summed E-state index contributed by atoms with van der Waals surface area (Å²) in [4.78, 5) is 0. The highest BCUT2D eigenvalue weighted by Crippen LogP contribution is 2.60. The summed E-state index contributed by atoms with van der Waals surface area (Å²) in [6.07, 6.45) is 7.73. The Bertz CT molecular complexity index is 578. The molecule has 3 aliphatic carbocycles. The van der Waals surface area contributed by atoms with Gasteiger partial charge in [0.2, 0.25) is 0 Å². The predicted octanol–water partition coefficient (Wildman–Crippen LogP) is 3.76. The molecule has 0 saturated heterocycles. The summed E-state index contributed by atoms with van der Waals surface area (Å²) in [5.74, 6) is 2.83. The number of phenols is 1. The van der Waals surface area contributed by atoms with Crippen molar-refractivity contribution in [3.8, 4) is 5.75 Å². The summed E-state index contributed by atoms with van der Waals surface area (Å²) in [7, 11) is 1.99. The van der Waals surface area contributed by atoms with Crippen LogP contribution >= 0.6 is 12.4 Å². The second-order valence-corrected chi connectivity index (χ2v) is 7.87. The number of benzene rings is 1. The van der Waals surface area contributed by atoms with E-state index in [4.69, 9.17) is 0 Å². The Kier molecular flexibility index (Phi) is 4.65. The van der Waals surface area contributed by atoms with E-state index < -0.39 is 0 Å². The minimum absolute atomic E-state index is 0. The minimum atomic E-state index is 0. The lowest BCUT2D eigenvalue weighted by molar-refractivity contribution is 0.0384. The summed E-state index contributed by atoms with van der Waals surface area (Å²) in [5.41, 5.74) is 10.1. The summed E-state index contributed by atoms with van der Waals surface area (Å²) in [6, 6.07) is 6.70. The van der Waals surface area contributed by atoms with Gasteiger partial charge in [0.25, 0.3) is 0 Å². The van der Waals surface area contributed by atoms with Crippen molar-refractivity contribution in [1.82, 2.24) is 10.9 Å². The second-order valence-electron chi connectivity index (χ2n) is 7.87. The fourth-order valence-corrected chi connectivity index (χ4v) is 5.98. The molecule has 4 heteroatoms. The molecule has 2 saturated carbocycles. The molecule has 3 nitrogen and oxygen atoms in total. The number of phenolic OH excluding ortho intramolecular Hbond substituents is 1. The average Bonchev–Trinajstić information content (AvgIpc) is 2.84. The van der Waals surface area contributed by atoms with Crippen LogP contribution in [-0.2, 0) is 6.42 Å². The van der Waals surface area contributed by atoms with Gasteiger partial charge in [-0.1, -0.05) is 13.0 Å². The van der Waals surface area contributed by atoms with Crippen molar-refractivity contribution in [1.29, 1.82) is 0 Å². The lowest BCUT2D eigenvalue weighted by Crippen LogP contribution is -2.51. The number of halogens is 1. The molecular weight excluding hydrogens is 308 g/mol. The third kappa shape index (κ3) is 2.57. The van der Waals surface area contributed by atoms with Crippen molar-refractivity contribution in [2.75, 3.05) is 7.05 Å². The molecule has 0 bridgehead atoms. The van der Waals surface area contributed by atoms with Crippen molar-refractivity contribution >= 4 is 12.4 Å². The number of hydrogen-bond donors (Lipinski definition) is 3. The van der Waals surface area contributed by atoms with Gasteiger partial charge in [0.15, 0.2) is 0 Å². The average molecular weight is 337 g/mol. The summed E-state index contributed by atoms with van der Waals surface area (Å²) >= 11 is 0. The Balaban J connectivity index is 0.00000156. The molecule has 0 spiro atoms. The molecule has 2 fully saturated rings. The molecule has 4 rings (SSSR count). The molecule has 0 aliphatic heterocycles. The maximum atomic E-state index is 9.75. The van der Waals surface area contributed by atoms with E-state index in [-0.39, 0.29) is 12.4 Å². The van der Waals surface area contributed by atoms with E-state index >= 15 is 0 Å². The normalized spacial score (nSPS) is 38.2. The zero-order chi connectivity index (χ0) is 15.3. The van der Waals surface area contributed by atoms with Gasteiger partial charge in [0.05, 0.1) is 0 Å². The molecule has 0 radical (unpaired) electrons. The highest BCUT2D eigenvalue weighted by molar-refractivity contribution is 5.85. The highest BCUT2D eigenvalue weighted by Gasteiger charge is 2.54. The molecule has 3 N–H and O–H groups in total. The van der Waals surface area contributed by atoms with Crippen LogP contribution in [0.25, 0.3) is 0 Å². The van der Waals surface area contributed by atoms with Gasteiger partial charge in [-0.05, 0) is 92.0 Å². The topological polar surface area (TPSA) is 44.3 Å². The first-order chi connectivity index (χ1) is 10.6. The van der Waals surface area contributed by atoms with E-state index in [1.54, 1.807) is 0 Å². The lowest BCUT2D eigenvalue weighted by atomic mass is 9.55. The second kappa shape index (κ2) is 6.27. The van der Waals surface area contributed by atoms with E-state index in [1.807, 2.05) is 19.2 Å². The van der Waals surface area contributed by atoms with Gasteiger partial charge in [-0.2, -0.15) is 0 Å². The van der Waals surface area contributed by atoms with Crippen LogP contribution in [0.15, 0.2) is 18.2 Å². The SMILES string of the molecule is CNNC1CCC2C3CCc4cc(O)ccc4C3CCC12C.Cl. The quantitative estimate of drug-likeness (QED) is 0.720. The Morgan fingerprint density at radius 1 is 1.17 bits per heavy atom. The zero-order valence-corrected chi connectivity index (χ0v) is 15.0. The number of hydrazine groups is 1. The van der Waals surface area contributed by atoms with Gasteiger partial charge < -0.3 is 5.11 Å². The number of aromatic hydroxyl groups is 1. The van der Waals surface area contributed by atoms with Gasteiger partial charge in [0.1, 0.15) is 5.75 Å². The van der Waals surface area contributed by atoms with Crippen LogP contribution < -0.4 is 10.9 Å². The fourth-order valence-electron chi connectivity index (χ4n) is 5.98. The first kappa shape index (κ1) is 17.1. The molecule has 128 valence electrons. The molecule has 0 amide bonds. The molecule has 0 aromatic heterocycles. The largest absolute Gasteiger partial charge is 0.508 e. The Hall–Kier alpha value is -0.770. The number of fused-ring (bicyclic) bond motifs is 5. The van der Waals surface area contributed by atoms with E-state index in [0.717, 1.165) is 24.2 Å². The van der Waals surface area contributed by atoms with Crippen LogP contribution in [0.3, 0.4) is 0 Å². The lowest BCUT2D eigenvalue weighted by Gasteiger charge is -2.51. The minimum Gasteiger partial charge on any atom is -0.508 e. The van der Waals surface area contributed by atoms with Gasteiger partial charge in [-0.3, -0.25) is 10.9 Å². The Morgan fingerprint density at radius 2 is 2.00 bits per heavy atom. The first-order valence-corrected chi connectivity index (χ1v) is 8.87. The van der Waals surface area contributed by atoms with E-state index in [1.165, 1.54) is 43.2 Å². The molecule has 5 atom stereocenters. The standard InChI is InChI=1S/C19H28N2O.ClH/c1-19-10-9-15-14-6-4-13(22)11-12(14)3-5-16(15)17(19)7-8-18(19)21-20-2;/h4,6,11,15-18,20-22H,3,5,7-10H2,1-2H3;1H. The van der Waals surface area contributed by atoms with Crippen LogP contribution in [0, 0.1) is 17.3 Å². The highest BCUT2D eigenvalue weighted by atomic mass is 35.5. The molecule has 5 unspecified atom stereocenters. The maximum Gasteiger partial charge on any atom is 0.115 e. The predicted molar refractivity (Wildman–Crippen MR) is 96.0 cm³/mol. The van der Waals surface area contributed by atoms with Crippen molar-refractivity contribution < 1.29 is 5.11 Å². The summed E-state index contributed by atoms with van der Waals surface area (Å²) < 4.78 is 0. The Labute approximate surface area is 145 Å². The molecular formula is C19H29ClN2O. The molecule has 0 heterocycles. The van der Waals surface area contributed by atoms with Crippen molar-refractivity contribution in [2.45, 2.75) is 57.4 Å². The van der Waals surface area contributed by atoms with Crippen molar-refractivity contribution in [3.05, 3.63) is 29.3 Å². The third-order valence-corrected chi connectivity index (χ3v) is 7.03. The van der Waals surface area contributed by atoms with Crippen LogP contribution in [0.5, 0.6) is 5.75 Å². The Morgan fingerprint density at radius 3 is 2.78 bits per heavy atom. The van der Waals surface area contributed by atoms with Crippen LogP contribution in [0.2, 0.25) is 0 Å². The smallest absolute Gasteiger partial charge is 0.115 e. The summed E-state index contributed by atoms with van der Waals surface area (Å²) in [5, 5.41) is 9.75. The third-order valence-electron chi connectivity index (χ3n) is 7.03. The molecule has 1 aromatic carbocycles. The van der Waals surface area contributed by atoms with Gasteiger partial charge in [-0.25, -0.2) is 0 Å². The molecule has 1 aromatic rings. The summed E-state index contributed by atoms with van der Waals surface area (Å²) in [6.45, 7) is 2.52. The van der Waals surface area contributed by atoms with Gasteiger partial charge in [-0.15, -0.1) is 12.4 Å². The van der Waals surface area contributed by atoms with Crippen LogP contribution in [0.1, 0.15) is 56.1 Å². The van der Waals surface area contributed by atoms with E-state index in [0.29, 0.717) is 17.2 Å². The van der Waals surface area contributed by atoms with Crippen molar-refractivity contribution in [2.24, 2.45) is 17.3 Å². The fraction of sp³-hybridized carbons (Fsp3) is 0.684. The number of nitrogens with one attached hydrogen (secondary N) is 2. The number of rotatable bonds is 2. The van der Waals surface area contributed by atoms with Crippen molar-refractivity contribution in [3.63, 3.8) is 0 Å². The maximum absolute atomic E-state index is 9.75. The first-order valence-electron chi connectivity index (χ1n) is 8.87. The molecule has 23 heavy (non-hydrogen) atoms. The van der Waals surface area contributed by atoms with Crippen LogP contribution in [-0.4, -0.2) is 18.2 Å². The van der Waals surface area contributed by atoms with Gasteiger partial charge >= 0.3 is 0 Å². The molecule has 3 aliphatic rings. The zero-order valence-electron chi connectivity index (χ0n) is 14.1. The van der Waals surface area contributed by atoms with E-state index in [2.05, 4.69) is 23.8 Å². The van der Waals surface area contributed by atoms with E-state index in [9.17, 15) is 5.11 Å². The van der Waals surface area contributed by atoms with Crippen LogP contribution in [0.4, 0.5) is 0 Å². The van der Waals surface area contributed by atoms with Gasteiger partial charge in [0, 0.05) is 6.04 Å². The number of aryl methyl sites for hydroxylation is 1. The number of hydrogen-bond acceptors (Lipinski definition) is 3. The monoisotopic (exact) mass is 336 g/mol.